The second-order valence-corrected chi connectivity index (χ2v) is 5.60. The molecule has 0 heterocycles. The van der Waals surface area contributed by atoms with Gasteiger partial charge in [-0.25, -0.2) is 0 Å². The van der Waals surface area contributed by atoms with Gasteiger partial charge in [-0.1, -0.05) is 42.4 Å². The summed E-state index contributed by atoms with van der Waals surface area (Å²) in [5.41, 5.74) is 0.753. The van der Waals surface area contributed by atoms with Crippen LogP contribution in [-0.4, -0.2) is 16.1 Å². The highest BCUT2D eigenvalue weighted by Gasteiger charge is 2.32. The molecule has 0 unspecified atom stereocenters. The van der Waals surface area contributed by atoms with Gasteiger partial charge in [0.1, 0.15) is 5.25 Å². The third-order valence-electron chi connectivity index (χ3n) is 2.53. The number of hydrogen-bond acceptors (Lipinski definition) is 4. The number of nitro groups is 1. The summed E-state index contributed by atoms with van der Waals surface area (Å²) in [6.07, 6.45) is 0.376. The van der Waals surface area contributed by atoms with Crippen molar-refractivity contribution in [1.82, 2.24) is 0 Å². The Morgan fingerprint density at radius 1 is 1.44 bits per heavy atom. The van der Waals surface area contributed by atoms with Crippen molar-refractivity contribution in [2.75, 3.05) is 0 Å². The molecule has 0 aliphatic rings. The quantitative estimate of drug-likeness (QED) is 0.612. The molecule has 0 aromatic heterocycles. The fourth-order valence-corrected chi connectivity index (χ4v) is 2.90. The lowest BCUT2D eigenvalue weighted by molar-refractivity contribution is -0.522. The van der Waals surface area contributed by atoms with E-state index in [2.05, 4.69) is 0 Å². The van der Waals surface area contributed by atoms with Crippen molar-refractivity contribution < 1.29 is 9.72 Å². The molecule has 98 valence electrons. The highest BCUT2D eigenvalue weighted by Crippen LogP contribution is 2.35. The zero-order valence-electron chi connectivity index (χ0n) is 10.1. The molecule has 0 bridgehead atoms. The van der Waals surface area contributed by atoms with Gasteiger partial charge >= 0.3 is 0 Å². The van der Waals surface area contributed by atoms with E-state index in [1.54, 1.807) is 31.2 Å². The summed E-state index contributed by atoms with van der Waals surface area (Å²) < 4.78 is 0. The van der Waals surface area contributed by atoms with Gasteiger partial charge in [0.15, 0.2) is 5.12 Å². The van der Waals surface area contributed by atoms with Crippen LogP contribution in [0.5, 0.6) is 0 Å². The minimum atomic E-state index is -0.778. The van der Waals surface area contributed by atoms with Gasteiger partial charge in [0.25, 0.3) is 0 Å². The number of carbonyl (C=O) groups is 1. The van der Waals surface area contributed by atoms with E-state index in [1.165, 1.54) is 6.92 Å². The minimum absolute atomic E-state index is 0.129. The number of hydrogen-bond donors (Lipinski definition) is 0. The van der Waals surface area contributed by atoms with Crippen LogP contribution in [-0.2, 0) is 4.79 Å². The molecular weight excluding hydrogens is 274 g/mol. The van der Waals surface area contributed by atoms with Gasteiger partial charge in [0, 0.05) is 23.3 Å². The van der Waals surface area contributed by atoms with Gasteiger partial charge in [0.05, 0.1) is 0 Å². The predicted octanol–water partition coefficient (Wildman–Crippen LogP) is 3.72. The largest absolute Gasteiger partial charge is 0.288 e. The Balaban J connectivity index is 3.07. The van der Waals surface area contributed by atoms with Gasteiger partial charge in [-0.15, -0.1) is 0 Å². The Morgan fingerprint density at radius 3 is 2.39 bits per heavy atom. The lowest BCUT2D eigenvalue weighted by Gasteiger charge is -2.18. The molecule has 4 nitrogen and oxygen atoms in total. The van der Waals surface area contributed by atoms with Gasteiger partial charge in [-0.3, -0.25) is 14.9 Å². The molecule has 0 fully saturated rings. The summed E-state index contributed by atoms with van der Waals surface area (Å²) in [6, 6.07) is 6.04. The van der Waals surface area contributed by atoms with Crippen molar-refractivity contribution in [2.24, 2.45) is 0 Å². The third kappa shape index (κ3) is 3.99. The predicted molar refractivity (Wildman–Crippen MR) is 73.5 cm³/mol. The van der Waals surface area contributed by atoms with Crippen LogP contribution in [0.3, 0.4) is 0 Å². The van der Waals surface area contributed by atoms with Crippen molar-refractivity contribution in [1.29, 1.82) is 0 Å². The Morgan fingerprint density at radius 2 is 2.00 bits per heavy atom. The zero-order chi connectivity index (χ0) is 13.7. The average molecular weight is 288 g/mol. The Bertz CT molecular complexity index is 435. The van der Waals surface area contributed by atoms with Crippen LogP contribution >= 0.6 is 23.4 Å². The average Bonchev–Trinajstić information content (AvgIpc) is 2.28. The van der Waals surface area contributed by atoms with Crippen LogP contribution in [0.15, 0.2) is 24.3 Å². The molecule has 0 amide bonds. The van der Waals surface area contributed by atoms with E-state index < -0.39 is 11.3 Å². The molecule has 0 aliphatic carbocycles. The molecule has 0 N–H and O–H groups in total. The highest BCUT2D eigenvalue weighted by atomic mass is 35.5. The number of halogens is 1. The first-order valence-electron chi connectivity index (χ1n) is 5.52. The van der Waals surface area contributed by atoms with Gasteiger partial charge in [0.2, 0.25) is 6.04 Å². The molecule has 0 radical (unpaired) electrons. The number of benzene rings is 1. The Labute approximate surface area is 115 Å². The smallest absolute Gasteiger partial charge is 0.229 e. The Hall–Kier alpha value is -1.07. The van der Waals surface area contributed by atoms with Crippen molar-refractivity contribution in [3.63, 3.8) is 0 Å². The van der Waals surface area contributed by atoms with Crippen molar-refractivity contribution >= 4 is 28.5 Å². The first-order valence-corrected chi connectivity index (χ1v) is 6.77. The molecule has 1 rings (SSSR count). The molecule has 2 atom stereocenters. The molecule has 0 aliphatic heterocycles. The van der Waals surface area contributed by atoms with Crippen LogP contribution < -0.4 is 0 Å². The second-order valence-electron chi connectivity index (χ2n) is 3.84. The second kappa shape index (κ2) is 6.75. The van der Waals surface area contributed by atoms with Gasteiger partial charge in [-0.2, -0.15) is 0 Å². The van der Waals surface area contributed by atoms with E-state index in [1.807, 2.05) is 0 Å². The molecule has 0 saturated carbocycles. The summed E-state index contributed by atoms with van der Waals surface area (Å²) >= 11 is 6.79. The first kappa shape index (κ1) is 15.0. The molecule has 18 heavy (non-hydrogen) atoms. The van der Waals surface area contributed by atoms with E-state index in [4.69, 9.17) is 11.6 Å². The number of nitrogens with zero attached hydrogens (tertiary/aromatic N) is 1. The van der Waals surface area contributed by atoms with Gasteiger partial charge < -0.3 is 0 Å². The van der Waals surface area contributed by atoms with E-state index in [-0.39, 0.29) is 10.0 Å². The van der Waals surface area contributed by atoms with E-state index >= 15 is 0 Å². The number of rotatable bonds is 5. The van der Waals surface area contributed by atoms with Crippen LogP contribution in [0, 0.1) is 10.1 Å². The summed E-state index contributed by atoms with van der Waals surface area (Å²) in [6.45, 7) is 3.16. The molecule has 0 spiro atoms. The molecule has 0 saturated heterocycles. The van der Waals surface area contributed by atoms with E-state index in [9.17, 15) is 14.9 Å². The standard InChI is InChI=1S/C12H14ClNO3S/c1-3-11(14(16)17)12(18-8(2)15)9-4-6-10(13)7-5-9/h4-7,11-12H,3H2,1-2H3/t11-,12+/m1/s1. The maximum Gasteiger partial charge on any atom is 0.229 e. The zero-order valence-corrected chi connectivity index (χ0v) is 11.7. The molecular formula is C12H14ClNO3S. The van der Waals surface area contributed by atoms with E-state index in [0.29, 0.717) is 11.4 Å². The molecule has 1 aromatic carbocycles. The van der Waals surface area contributed by atoms with Crippen molar-refractivity contribution in [3.8, 4) is 0 Å². The van der Waals surface area contributed by atoms with E-state index in [0.717, 1.165) is 17.3 Å². The van der Waals surface area contributed by atoms with Crippen molar-refractivity contribution in [2.45, 2.75) is 31.6 Å². The SMILES string of the molecule is CC[C@H]([C@@H](SC(C)=O)c1ccc(Cl)cc1)[N+](=O)[O-]. The van der Waals surface area contributed by atoms with Crippen LogP contribution in [0.1, 0.15) is 31.1 Å². The number of carbonyl (C=O) groups excluding carboxylic acids is 1. The summed E-state index contributed by atoms with van der Waals surface area (Å²) in [4.78, 5) is 22.0. The number of thioether (sulfide) groups is 1. The molecule has 1 aromatic rings. The molecule has 6 heteroatoms. The van der Waals surface area contributed by atoms with Crippen LogP contribution in [0.4, 0.5) is 0 Å². The summed E-state index contributed by atoms with van der Waals surface area (Å²) in [5.74, 6) is 0. The summed E-state index contributed by atoms with van der Waals surface area (Å²) in [7, 11) is 0. The first-order chi connectivity index (χ1) is 8.45. The van der Waals surface area contributed by atoms with Crippen molar-refractivity contribution in [3.05, 3.63) is 45.0 Å². The maximum atomic E-state index is 11.3. The summed E-state index contributed by atoms with van der Waals surface area (Å²) in [5, 5.41) is 11.0. The fraction of sp³-hybridized carbons (Fsp3) is 0.417. The normalized spacial score (nSPS) is 13.9. The maximum absolute atomic E-state index is 11.3. The Kier molecular flexibility index (Phi) is 5.62. The van der Waals surface area contributed by atoms with Crippen LogP contribution in [0.25, 0.3) is 0 Å². The topological polar surface area (TPSA) is 60.2 Å². The fourth-order valence-electron chi connectivity index (χ4n) is 1.67. The van der Waals surface area contributed by atoms with Gasteiger partial charge in [-0.05, 0) is 17.7 Å². The monoisotopic (exact) mass is 287 g/mol. The minimum Gasteiger partial charge on any atom is -0.288 e. The lowest BCUT2D eigenvalue weighted by atomic mass is 10.0. The highest BCUT2D eigenvalue weighted by molar-refractivity contribution is 8.13. The van der Waals surface area contributed by atoms with Crippen LogP contribution in [0.2, 0.25) is 5.02 Å². The third-order valence-corrected chi connectivity index (χ3v) is 3.95. The lowest BCUT2D eigenvalue weighted by Crippen LogP contribution is -2.25.